The molecule has 0 saturated heterocycles. The van der Waals surface area contributed by atoms with Crippen molar-refractivity contribution in [1.82, 2.24) is 0 Å². The minimum Gasteiger partial charge on any atom is -0.379 e. The van der Waals surface area contributed by atoms with E-state index in [1.807, 2.05) is 0 Å². The minimum atomic E-state index is -0.509. The molecular weight excluding hydrogens is 199 g/mol. The average Bonchev–Trinajstić information content (AvgIpc) is 2.43. The van der Waals surface area contributed by atoms with Gasteiger partial charge in [-0.2, -0.15) is 0 Å². The fourth-order valence-electron chi connectivity index (χ4n) is 1.57. The van der Waals surface area contributed by atoms with Gasteiger partial charge in [0.1, 0.15) is 11.5 Å². The first-order chi connectivity index (χ1) is 7.20. The van der Waals surface area contributed by atoms with Gasteiger partial charge in [-0.05, 0) is 12.5 Å². The van der Waals surface area contributed by atoms with Crippen molar-refractivity contribution >= 4 is 17.5 Å². The maximum absolute atomic E-state index is 13.4. The third-order valence-electron chi connectivity index (χ3n) is 2.26. The van der Waals surface area contributed by atoms with Crippen molar-refractivity contribution in [2.75, 3.05) is 11.9 Å². The SMILES string of the molecule is O=[N+]([O-])c1ccc(F)c2c1NCCC=C2. The fraction of sp³-hybridized carbons (Fsp3) is 0.200. The summed E-state index contributed by atoms with van der Waals surface area (Å²) in [6.45, 7) is 0.577. The lowest BCUT2D eigenvalue weighted by Crippen LogP contribution is -2.04. The molecule has 0 radical (unpaired) electrons. The van der Waals surface area contributed by atoms with Crippen LogP contribution in [0.4, 0.5) is 15.8 Å². The molecule has 0 saturated carbocycles. The van der Waals surface area contributed by atoms with Gasteiger partial charge in [0.05, 0.1) is 4.92 Å². The number of fused-ring (bicyclic) bond motifs is 1. The van der Waals surface area contributed by atoms with Crippen LogP contribution in [-0.4, -0.2) is 11.5 Å². The van der Waals surface area contributed by atoms with Crippen molar-refractivity contribution in [2.24, 2.45) is 0 Å². The number of nitrogens with zero attached hydrogens (tertiary/aromatic N) is 1. The lowest BCUT2D eigenvalue weighted by Gasteiger charge is -2.07. The topological polar surface area (TPSA) is 55.2 Å². The van der Waals surface area contributed by atoms with Crippen LogP contribution in [0.3, 0.4) is 0 Å². The van der Waals surface area contributed by atoms with Crippen LogP contribution in [0.25, 0.3) is 6.08 Å². The van der Waals surface area contributed by atoms with Gasteiger partial charge in [0.15, 0.2) is 0 Å². The monoisotopic (exact) mass is 208 g/mol. The van der Waals surface area contributed by atoms with Crippen LogP contribution in [-0.2, 0) is 0 Å². The fourth-order valence-corrected chi connectivity index (χ4v) is 1.57. The van der Waals surface area contributed by atoms with Crippen molar-refractivity contribution in [3.63, 3.8) is 0 Å². The summed E-state index contributed by atoms with van der Waals surface area (Å²) >= 11 is 0. The molecule has 0 unspecified atom stereocenters. The summed E-state index contributed by atoms with van der Waals surface area (Å²) in [7, 11) is 0. The van der Waals surface area contributed by atoms with E-state index >= 15 is 0 Å². The number of hydrogen-bond acceptors (Lipinski definition) is 3. The molecule has 4 nitrogen and oxygen atoms in total. The summed E-state index contributed by atoms with van der Waals surface area (Å²) in [5.74, 6) is -0.443. The number of hydrogen-bond donors (Lipinski definition) is 1. The number of benzene rings is 1. The second kappa shape index (κ2) is 3.68. The van der Waals surface area contributed by atoms with Gasteiger partial charge in [-0.15, -0.1) is 0 Å². The maximum Gasteiger partial charge on any atom is 0.293 e. The van der Waals surface area contributed by atoms with Gasteiger partial charge in [0.2, 0.25) is 0 Å². The number of nitro benzene ring substituents is 1. The number of rotatable bonds is 1. The van der Waals surface area contributed by atoms with E-state index in [0.717, 1.165) is 12.5 Å². The van der Waals surface area contributed by atoms with E-state index in [-0.39, 0.29) is 16.9 Å². The van der Waals surface area contributed by atoms with Crippen molar-refractivity contribution < 1.29 is 9.31 Å². The molecule has 1 heterocycles. The summed E-state index contributed by atoms with van der Waals surface area (Å²) in [4.78, 5) is 10.2. The molecule has 0 fully saturated rings. The Morgan fingerprint density at radius 1 is 1.47 bits per heavy atom. The minimum absolute atomic E-state index is 0.0852. The first-order valence-corrected chi connectivity index (χ1v) is 4.57. The summed E-state index contributed by atoms with van der Waals surface area (Å²) in [6, 6.07) is 2.30. The summed E-state index contributed by atoms with van der Waals surface area (Å²) < 4.78 is 13.4. The van der Waals surface area contributed by atoms with Gasteiger partial charge in [-0.25, -0.2) is 4.39 Å². The Balaban J connectivity index is 2.64. The van der Waals surface area contributed by atoms with Crippen LogP contribution in [0.1, 0.15) is 12.0 Å². The van der Waals surface area contributed by atoms with Crippen LogP contribution in [0, 0.1) is 15.9 Å². The van der Waals surface area contributed by atoms with Crippen LogP contribution in [0.15, 0.2) is 18.2 Å². The number of anilines is 1. The molecule has 1 aromatic carbocycles. The zero-order valence-electron chi connectivity index (χ0n) is 7.87. The van der Waals surface area contributed by atoms with Crippen LogP contribution < -0.4 is 5.32 Å². The molecule has 0 aromatic heterocycles. The van der Waals surface area contributed by atoms with E-state index in [2.05, 4.69) is 5.32 Å². The zero-order chi connectivity index (χ0) is 10.8. The molecule has 2 rings (SSSR count). The molecule has 0 bridgehead atoms. The van der Waals surface area contributed by atoms with Crippen molar-refractivity contribution in [3.05, 3.63) is 39.7 Å². The Bertz CT molecular complexity index is 443. The molecular formula is C10H9FN2O2. The summed E-state index contributed by atoms with van der Waals surface area (Å²) in [5.41, 5.74) is 0.452. The summed E-state index contributed by atoms with van der Waals surface area (Å²) in [5, 5.41) is 13.6. The number of nitrogens with one attached hydrogen (secondary N) is 1. The molecule has 5 heteroatoms. The Kier molecular flexibility index (Phi) is 2.37. The molecule has 1 N–H and O–H groups in total. The lowest BCUT2D eigenvalue weighted by atomic mass is 10.1. The number of halogens is 1. The highest BCUT2D eigenvalue weighted by molar-refractivity contribution is 5.76. The van der Waals surface area contributed by atoms with Crippen LogP contribution in [0.2, 0.25) is 0 Å². The van der Waals surface area contributed by atoms with Gasteiger partial charge in [0, 0.05) is 18.2 Å². The molecule has 78 valence electrons. The maximum atomic E-state index is 13.4. The quantitative estimate of drug-likeness (QED) is 0.570. The highest BCUT2D eigenvalue weighted by Crippen LogP contribution is 2.32. The average molecular weight is 208 g/mol. The van der Waals surface area contributed by atoms with E-state index in [1.165, 1.54) is 6.07 Å². The van der Waals surface area contributed by atoms with Gasteiger partial charge < -0.3 is 5.32 Å². The molecule has 0 amide bonds. The zero-order valence-corrected chi connectivity index (χ0v) is 7.87. The van der Waals surface area contributed by atoms with Gasteiger partial charge >= 0.3 is 0 Å². The first-order valence-electron chi connectivity index (χ1n) is 4.57. The summed E-state index contributed by atoms with van der Waals surface area (Å²) in [6.07, 6.45) is 4.11. The third kappa shape index (κ3) is 1.68. The van der Waals surface area contributed by atoms with E-state index in [1.54, 1.807) is 12.2 Å². The molecule has 1 aliphatic heterocycles. The first kappa shape index (κ1) is 9.64. The van der Waals surface area contributed by atoms with Crippen molar-refractivity contribution in [1.29, 1.82) is 0 Å². The predicted octanol–water partition coefficient (Wildman–Crippen LogP) is 2.56. The van der Waals surface area contributed by atoms with E-state index in [0.29, 0.717) is 6.54 Å². The Hall–Kier alpha value is -1.91. The Morgan fingerprint density at radius 2 is 2.27 bits per heavy atom. The standard InChI is InChI=1S/C10H9FN2O2/c11-8-4-5-9(13(14)15)10-7(8)3-1-2-6-12-10/h1,3-5,12H,2,6H2. The third-order valence-corrected chi connectivity index (χ3v) is 2.26. The normalized spacial score (nSPS) is 13.9. The van der Waals surface area contributed by atoms with Gasteiger partial charge in [-0.3, -0.25) is 10.1 Å². The van der Waals surface area contributed by atoms with E-state index < -0.39 is 10.7 Å². The van der Waals surface area contributed by atoms with E-state index in [9.17, 15) is 14.5 Å². The Morgan fingerprint density at radius 3 is 3.00 bits per heavy atom. The molecule has 0 aliphatic carbocycles. The molecule has 0 atom stereocenters. The van der Waals surface area contributed by atoms with Crippen LogP contribution >= 0.6 is 0 Å². The number of nitro groups is 1. The van der Waals surface area contributed by atoms with E-state index in [4.69, 9.17) is 0 Å². The van der Waals surface area contributed by atoms with Gasteiger partial charge in [-0.1, -0.05) is 12.2 Å². The largest absolute Gasteiger partial charge is 0.379 e. The van der Waals surface area contributed by atoms with Crippen LogP contribution in [0.5, 0.6) is 0 Å². The highest BCUT2D eigenvalue weighted by atomic mass is 19.1. The molecule has 0 spiro atoms. The second-order valence-corrected chi connectivity index (χ2v) is 3.23. The Labute approximate surface area is 85.6 Å². The molecule has 1 aliphatic rings. The lowest BCUT2D eigenvalue weighted by molar-refractivity contribution is -0.384. The highest BCUT2D eigenvalue weighted by Gasteiger charge is 2.20. The van der Waals surface area contributed by atoms with Crippen molar-refractivity contribution in [3.8, 4) is 0 Å². The molecule has 1 aromatic rings. The van der Waals surface area contributed by atoms with Gasteiger partial charge in [0.25, 0.3) is 5.69 Å². The molecule has 15 heavy (non-hydrogen) atoms. The van der Waals surface area contributed by atoms with Crippen molar-refractivity contribution in [2.45, 2.75) is 6.42 Å². The second-order valence-electron chi connectivity index (χ2n) is 3.23. The predicted molar refractivity (Wildman–Crippen MR) is 55.2 cm³/mol. The smallest absolute Gasteiger partial charge is 0.293 e.